The molecule has 0 aliphatic rings. The van der Waals surface area contributed by atoms with Crippen LogP contribution in [0.3, 0.4) is 0 Å². The van der Waals surface area contributed by atoms with Gasteiger partial charge in [0.05, 0.1) is 13.7 Å². The molecule has 0 spiro atoms. The molecular weight excluding hydrogens is 218 g/mol. The van der Waals surface area contributed by atoms with Gasteiger partial charge in [-0.1, -0.05) is 0 Å². The van der Waals surface area contributed by atoms with Crippen LogP contribution >= 0.6 is 0 Å². The molecule has 5 N–H and O–H groups in total. The molecule has 0 aromatic rings. The average Bonchev–Trinajstić information content (AvgIpc) is 2.23. The van der Waals surface area contributed by atoms with E-state index >= 15 is 0 Å². The maximum absolute atomic E-state index is 11.4. The van der Waals surface area contributed by atoms with Gasteiger partial charge in [-0.3, -0.25) is 4.79 Å². The molecule has 0 radical (unpaired) electrons. The Morgan fingerprint density at radius 3 is 2.31 bits per heavy atom. The Labute approximate surface area is 92.1 Å². The lowest BCUT2D eigenvalue weighted by Gasteiger charge is -2.17. The standard InChI is InChI=1S/C8H15N3O5/c1-4(10-8(9)15)6(13)11-5(3-12)7(14)16-2/h4-5,12H,3H2,1-2H3,(H,11,13)(H3,9,10,15). The van der Waals surface area contributed by atoms with Gasteiger partial charge in [-0.2, -0.15) is 0 Å². The summed E-state index contributed by atoms with van der Waals surface area (Å²) in [4.78, 5) is 32.8. The van der Waals surface area contributed by atoms with Crippen molar-refractivity contribution in [2.45, 2.75) is 19.0 Å². The van der Waals surface area contributed by atoms with Crippen molar-refractivity contribution in [3.8, 4) is 0 Å². The molecule has 0 aliphatic heterocycles. The third kappa shape index (κ3) is 4.60. The third-order valence-corrected chi connectivity index (χ3v) is 1.74. The van der Waals surface area contributed by atoms with Gasteiger partial charge in [-0.25, -0.2) is 9.59 Å². The van der Waals surface area contributed by atoms with Crippen LogP contribution in [0.2, 0.25) is 0 Å². The van der Waals surface area contributed by atoms with E-state index in [4.69, 9.17) is 10.8 Å². The van der Waals surface area contributed by atoms with E-state index in [1.807, 2.05) is 0 Å². The van der Waals surface area contributed by atoms with Gasteiger partial charge in [-0.05, 0) is 6.92 Å². The molecule has 92 valence electrons. The quantitative estimate of drug-likeness (QED) is 0.396. The number of rotatable bonds is 5. The molecule has 0 aliphatic carbocycles. The molecule has 0 saturated carbocycles. The van der Waals surface area contributed by atoms with E-state index in [1.54, 1.807) is 0 Å². The van der Waals surface area contributed by atoms with Gasteiger partial charge in [0.2, 0.25) is 5.91 Å². The van der Waals surface area contributed by atoms with Crippen molar-refractivity contribution in [2.75, 3.05) is 13.7 Å². The number of carbonyl (C=O) groups excluding carboxylic acids is 3. The van der Waals surface area contributed by atoms with Gasteiger partial charge >= 0.3 is 12.0 Å². The molecule has 0 fully saturated rings. The van der Waals surface area contributed by atoms with Crippen molar-refractivity contribution < 1.29 is 24.2 Å². The van der Waals surface area contributed by atoms with Gasteiger partial charge in [0.1, 0.15) is 6.04 Å². The molecule has 16 heavy (non-hydrogen) atoms. The molecule has 8 heteroatoms. The highest BCUT2D eigenvalue weighted by molar-refractivity contribution is 5.89. The first-order valence-electron chi connectivity index (χ1n) is 4.47. The van der Waals surface area contributed by atoms with Crippen LogP contribution in [0.5, 0.6) is 0 Å². The zero-order chi connectivity index (χ0) is 12.7. The van der Waals surface area contributed by atoms with Crippen LogP contribution in [0.1, 0.15) is 6.92 Å². The number of aliphatic hydroxyl groups is 1. The number of esters is 1. The fraction of sp³-hybridized carbons (Fsp3) is 0.625. The number of nitrogens with two attached hydrogens (primary N) is 1. The smallest absolute Gasteiger partial charge is 0.330 e. The zero-order valence-electron chi connectivity index (χ0n) is 9.02. The second-order valence-corrected chi connectivity index (χ2v) is 3.00. The summed E-state index contributed by atoms with van der Waals surface area (Å²) >= 11 is 0. The first kappa shape index (κ1) is 14.2. The van der Waals surface area contributed by atoms with Crippen LogP contribution in [0.4, 0.5) is 4.79 Å². The molecule has 0 rings (SSSR count). The maximum atomic E-state index is 11.4. The van der Waals surface area contributed by atoms with Crippen molar-refractivity contribution in [2.24, 2.45) is 5.73 Å². The second-order valence-electron chi connectivity index (χ2n) is 3.00. The predicted octanol–water partition coefficient (Wildman–Crippen LogP) is -2.31. The normalized spacial score (nSPS) is 13.4. The second kappa shape index (κ2) is 6.62. The number of amides is 3. The summed E-state index contributed by atoms with van der Waals surface area (Å²) in [7, 11) is 1.13. The summed E-state index contributed by atoms with van der Waals surface area (Å²) < 4.78 is 4.34. The number of aliphatic hydroxyl groups excluding tert-OH is 1. The van der Waals surface area contributed by atoms with E-state index in [1.165, 1.54) is 6.92 Å². The van der Waals surface area contributed by atoms with Crippen LogP contribution in [-0.4, -0.2) is 48.8 Å². The fourth-order valence-corrected chi connectivity index (χ4v) is 0.897. The SMILES string of the molecule is COC(=O)C(CO)NC(=O)C(C)NC(N)=O. The van der Waals surface area contributed by atoms with Crippen LogP contribution in [0.25, 0.3) is 0 Å². The number of methoxy groups -OCH3 is 1. The molecule has 0 aromatic heterocycles. The molecule has 8 nitrogen and oxygen atoms in total. The lowest BCUT2D eigenvalue weighted by atomic mass is 10.2. The third-order valence-electron chi connectivity index (χ3n) is 1.74. The first-order valence-corrected chi connectivity index (χ1v) is 4.47. The Bertz CT molecular complexity index is 281. The van der Waals surface area contributed by atoms with E-state index in [9.17, 15) is 14.4 Å². The van der Waals surface area contributed by atoms with Crippen molar-refractivity contribution in [3.05, 3.63) is 0 Å². The number of carbonyl (C=O) groups is 3. The van der Waals surface area contributed by atoms with E-state index in [2.05, 4.69) is 15.4 Å². The van der Waals surface area contributed by atoms with Gasteiger partial charge in [-0.15, -0.1) is 0 Å². The number of hydrogen-bond acceptors (Lipinski definition) is 5. The Kier molecular flexibility index (Phi) is 5.86. The van der Waals surface area contributed by atoms with Gasteiger partial charge in [0.25, 0.3) is 0 Å². The monoisotopic (exact) mass is 233 g/mol. The van der Waals surface area contributed by atoms with Gasteiger partial charge < -0.3 is 26.2 Å². The van der Waals surface area contributed by atoms with E-state index in [0.717, 1.165) is 7.11 Å². The fourth-order valence-electron chi connectivity index (χ4n) is 0.897. The van der Waals surface area contributed by atoms with Crippen LogP contribution in [-0.2, 0) is 14.3 Å². The molecule has 0 aromatic carbocycles. The lowest BCUT2D eigenvalue weighted by molar-refractivity contribution is -0.146. The number of primary amides is 1. The van der Waals surface area contributed by atoms with Crippen molar-refractivity contribution in [3.63, 3.8) is 0 Å². The highest BCUT2D eigenvalue weighted by Crippen LogP contribution is 1.89. The molecular formula is C8H15N3O5. The highest BCUT2D eigenvalue weighted by Gasteiger charge is 2.23. The number of urea groups is 1. The van der Waals surface area contributed by atoms with Crippen molar-refractivity contribution >= 4 is 17.9 Å². The van der Waals surface area contributed by atoms with Gasteiger partial charge in [0, 0.05) is 0 Å². The molecule has 2 unspecified atom stereocenters. The average molecular weight is 233 g/mol. The molecule has 2 atom stereocenters. The summed E-state index contributed by atoms with van der Waals surface area (Å²) in [6.45, 7) is 0.785. The zero-order valence-corrected chi connectivity index (χ0v) is 9.02. The Morgan fingerprint density at radius 1 is 1.38 bits per heavy atom. The topological polar surface area (TPSA) is 131 Å². The predicted molar refractivity (Wildman–Crippen MR) is 53.2 cm³/mol. The Hall–Kier alpha value is -1.83. The summed E-state index contributed by atoms with van der Waals surface area (Å²) in [5.41, 5.74) is 4.81. The number of ether oxygens (including phenoxy) is 1. The molecule has 0 heterocycles. The maximum Gasteiger partial charge on any atom is 0.330 e. The largest absolute Gasteiger partial charge is 0.467 e. The summed E-state index contributed by atoms with van der Waals surface area (Å²) in [6.07, 6.45) is 0. The summed E-state index contributed by atoms with van der Waals surface area (Å²) in [5.74, 6) is -1.43. The van der Waals surface area contributed by atoms with E-state index in [0.29, 0.717) is 0 Å². The molecule has 0 bridgehead atoms. The lowest BCUT2D eigenvalue weighted by Crippen LogP contribution is -2.52. The van der Waals surface area contributed by atoms with E-state index < -0.39 is 36.6 Å². The molecule has 3 amide bonds. The van der Waals surface area contributed by atoms with Crippen molar-refractivity contribution in [1.82, 2.24) is 10.6 Å². The number of nitrogens with one attached hydrogen (secondary N) is 2. The Morgan fingerprint density at radius 2 is 1.94 bits per heavy atom. The summed E-state index contributed by atoms with van der Waals surface area (Å²) in [6, 6.07) is -2.92. The highest BCUT2D eigenvalue weighted by atomic mass is 16.5. The molecule has 0 saturated heterocycles. The van der Waals surface area contributed by atoms with E-state index in [-0.39, 0.29) is 0 Å². The Balaban J connectivity index is 4.29. The minimum Gasteiger partial charge on any atom is -0.467 e. The van der Waals surface area contributed by atoms with Crippen LogP contribution in [0, 0.1) is 0 Å². The minimum atomic E-state index is -1.16. The minimum absolute atomic E-state index is 0.596. The first-order chi connectivity index (χ1) is 7.42. The van der Waals surface area contributed by atoms with Crippen LogP contribution < -0.4 is 16.4 Å². The summed E-state index contributed by atoms with van der Waals surface area (Å²) in [5, 5.41) is 13.1. The van der Waals surface area contributed by atoms with Gasteiger partial charge in [0.15, 0.2) is 6.04 Å². The number of hydrogen-bond donors (Lipinski definition) is 4. The van der Waals surface area contributed by atoms with Crippen LogP contribution in [0.15, 0.2) is 0 Å². The van der Waals surface area contributed by atoms with Crippen molar-refractivity contribution in [1.29, 1.82) is 0 Å².